The number of benzene rings is 1. The van der Waals surface area contributed by atoms with Gasteiger partial charge in [0.2, 0.25) is 5.91 Å². The van der Waals surface area contributed by atoms with Crippen LogP contribution in [-0.4, -0.2) is 5.91 Å². The van der Waals surface area contributed by atoms with Crippen molar-refractivity contribution in [3.8, 4) is 0 Å². The molecule has 2 rings (SSSR count). The molecule has 1 aromatic rings. The molecule has 1 N–H and O–H groups in total. The summed E-state index contributed by atoms with van der Waals surface area (Å²) >= 11 is 0. The molecule has 1 fully saturated rings. The zero-order valence-electron chi connectivity index (χ0n) is 12.5. The molecule has 0 unspecified atom stereocenters. The van der Waals surface area contributed by atoms with Crippen LogP contribution in [0.15, 0.2) is 24.3 Å². The first-order valence-corrected chi connectivity index (χ1v) is 7.23. The Hall–Kier alpha value is -1.31. The standard InChI is InChI=1S/C17H25NO/c1-13-7-9-14(10-8-13)17(11-5-6-12-17)18-15(19)16(2,3)4/h7-10H,5-6,11-12H2,1-4H3,(H,18,19). The summed E-state index contributed by atoms with van der Waals surface area (Å²) in [5.74, 6) is 0.148. The number of aryl methyl sites for hydroxylation is 1. The third kappa shape index (κ3) is 2.99. The first kappa shape index (κ1) is 14.1. The average molecular weight is 259 g/mol. The summed E-state index contributed by atoms with van der Waals surface area (Å²) in [4.78, 5) is 12.4. The van der Waals surface area contributed by atoms with Gasteiger partial charge in [0, 0.05) is 5.41 Å². The number of rotatable bonds is 2. The van der Waals surface area contributed by atoms with Crippen molar-refractivity contribution in [3.63, 3.8) is 0 Å². The lowest BCUT2D eigenvalue weighted by molar-refractivity contribution is -0.130. The Kier molecular flexibility index (Phi) is 3.71. The molecular weight excluding hydrogens is 234 g/mol. The van der Waals surface area contributed by atoms with Crippen molar-refractivity contribution in [1.82, 2.24) is 5.32 Å². The lowest BCUT2D eigenvalue weighted by atomic mass is 9.85. The highest BCUT2D eigenvalue weighted by Crippen LogP contribution is 2.39. The van der Waals surface area contributed by atoms with Gasteiger partial charge in [0.1, 0.15) is 0 Å². The number of amides is 1. The molecule has 0 aliphatic heterocycles. The molecule has 19 heavy (non-hydrogen) atoms. The summed E-state index contributed by atoms with van der Waals surface area (Å²) in [5, 5.41) is 3.33. The SMILES string of the molecule is Cc1ccc(C2(NC(=O)C(C)(C)C)CCCC2)cc1. The first-order valence-electron chi connectivity index (χ1n) is 7.23. The fourth-order valence-electron chi connectivity index (χ4n) is 2.74. The van der Waals surface area contributed by atoms with Gasteiger partial charge in [-0.1, -0.05) is 63.4 Å². The lowest BCUT2D eigenvalue weighted by Crippen LogP contribution is -2.48. The monoisotopic (exact) mass is 259 g/mol. The third-order valence-corrected chi connectivity index (χ3v) is 4.10. The molecule has 0 radical (unpaired) electrons. The molecule has 2 nitrogen and oxygen atoms in total. The molecule has 2 heteroatoms. The second-order valence-corrected chi connectivity index (χ2v) is 6.86. The molecule has 1 aliphatic carbocycles. The normalized spacial score (nSPS) is 18.3. The fraction of sp³-hybridized carbons (Fsp3) is 0.588. The van der Waals surface area contributed by atoms with E-state index in [2.05, 4.69) is 36.5 Å². The van der Waals surface area contributed by atoms with Crippen LogP contribution in [0.3, 0.4) is 0 Å². The van der Waals surface area contributed by atoms with Crippen LogP contribution in [0.25, 0.3) is 0 Å². The largest absolute Gasteiger partial charge is 0.346 e. The van der Waals surface area contributed by atoms with E-state index in [1.807, 2.05) is 20.8 Å². The van der Waals surface area contributed by atoms with E-state index >= 15 is 0 Å². The van der Waals surface area contributed by atoms with E-state index in [1.54, 1.807) is 0 Å². The maximum absolute atomic E-state index is 12.4. The molecule has 0 heterocycles. The van der Waals surface area contributed by atoms with E-state index in [0.29, 0.717) is 0 Å². The third-order valence-electron chi connectivity index (χ3n) is 4.10. The van der Waals surface area contributed by atoms with Crippen LogP contribution in [0.1, 0.15) is 57.6 Å². The summed E-state index contributed by atoms with van der Waals surface area (Å²) in [6.45, 7) is 8.01. The van der Waals surface area contributed by atoms with Crippen molar-refractivity contribution in [2.45, 2.75) is 58.9 Å². The molecule has 1 saturated carbocycles. The highest BCUT2D eigenvalue weighted by molar-refractivity contribution is 5.82. The number of carbonyl (C=O) groups is 1. The van der Waals surface area contributed by atoms with Gasteiger partial charge in [0.05, 0.1) is 5.54 Å². The van der Waals surface area contributed by atoms with E-state index < -0.39 is 0 Å². The Morgan fingerprint density at radius 2 is 1.63 bits per heavy atom. The summed E-state index contributed by atoms with van der Waals surface area (Å²) in [6.07, 6.45) is 4.49. The molecule has 0 bridgehead atoms. The summed E-state index contributed by atoms with van der Waals surface area (Å²) < 4.78 is 0. The minimum Gasteiger partial charge on any atom is -0.346 e. The van der Waals surface area contributed by atoms with Gasteiger partial charge in [-0.05, 0) is 25.3 Å². The van der Waals surface area contributed by atoms with E-state index in [-0.39, 0.29) is 16.9 Å². The van der Waals surface area contributed by atoms with Gasteiger partial charge >= 0.3 is 0 Å². The van der Waals surface area contributed by atoms with E-state index in [9.17, 15) is 4.79 Å². The van der Waals surface area contributed by atoms with Gasteiger partial charge in [-0.25, -0.2) is 0 Å². The van der Waals surface area contributed by atoms with Crippen LogP contribution in [0.4, 0.5) is 0 Å². The Morgan fingerprint density at radius 1 is 1.11 bits per heavy atom. The quantitative estimate of drug-likeness (QED) is 0.856. The molecule has 0 saturated heterocycles. The molecule has 1 aromatic carbocycles. The molecule has 0 atom stereocenters. The molecule has 1 aliphatic rings. The van der Waals surface area contributed by atoms with Gasteiger partial charge in [0.15, 0.2) is 0 Å². The lowest BCUT2D eigenvalue weighted by Gasteiger charge is -2.34. The second-order valence-electron chi connectivity index (χ2n) is 6.86. The Balaban J connectivity index is 2.28. The maximum atomic E-state index is 12.4. The van der Waals surface area contributed by atoms with Gasteiger partial charge in [-0.2, -0.15) is 0 Å². The van der Waals surface area contributed by atoms with Crippen molar-refractivity contribution in [2.24, 2.45) is 5.41 Å². The summed E-state index contributed by atoms with van der Waals surface area (Å²) in [5.41, 5.74) is 2.05. The van der Waals surface area contributed by atoms with Crippen LogP contribution in [0.2, 0.25) is 0 Å². The zero-order chi connectivity index (χ0) is 14.1. The van der Waals surface area contributed by atoms with Gasteiger partial charge in [-0.3, -0.25) is 4.79 Å². The Labute approximate surface area is 116 Å². The van der Waals surface area contributed by atoms with Gasteiger partial charge < -0.3 is 5.32 Å². The number of hydrogen-bond donors (Lipinski definition) is 1. The highest BCUT2D eigenvalue weighted by Gasteiger charge is 2.39. The molecule has 104 valence electrons. The Bertz CT molecular complexity index is 447. The maximum Gasteiger partial charge on any atom is 0.226 e. The number of hydrogen-bond acceptors (Lipinski definition) is 1. The molecule has 0 aromatic heterocycles. The molecule has 0 spiro atoms. The van der Waals surface area contributed by atoms with E-state index in [4.69, 9.17) is 0 Å². The summed E-state index contributed by atoms with van der Waals surface area (Å²) in [7, 11) is 0. The fourth-order valence-corrected chi connectivity index (χ4v) is 2.74. The first-order chi connectivity index (χ1) is 8.83. The minimum absolute atomic E-state index is 0.141. The van der Waals surface area contributed by atoms with Crippen LogP contribution >= 0.6 is 0 Å². The van der Waals surface area contributed by atoms with Crippen molar-refractivity contribution in [3.05, 3.63) is 35.4 Å². The van der Waals surface area contributed by atoms with Crippen LogP contribution in [0.5, 0.6) is 0 Å². The zero-order valence-corrected chi connectivity index (χ0v) is 12.5. The second kappa shape index (κ2) is 4.99. The van der Waals surface area contributed by atoms with Crippen LogP contribution in [-0.2, 0) is 10.3 Å². The topological polar surface area (TPSA) is 29.1 Å². The van der Waals surface area contributed by atoms with E-state index in [1.165, 1.54) is 24.0 Å². The molecular formula is C17H25NO. The Morgan fingerprint density at radius 3 is 2.11 bits per heavy atom. The van der Waals surface area contributed by atoms with Gasteiger partial charge in [0.25, 0.3) is 0 Å². The van der Waals surface area contributed by atoms with Crippen molar-refractivity contribution in [2.75, 3.05) is 0 Å². The summed E-state index contributed by atoms with van der Waals surface area (Å²) in [6, 6.07) is 8.62. The van der Waals surface area contributed by atoms with Crippen molar-refractivity contribution >= 4 is 5.91 Å². The van der Waals surface area contributed by atoms with E-state index in [0.717, 1.165) is 12.8 Å². The van der Waals surface area contributed by atoms with Crippen LogP contribution in [0, 0.1) is 12.3 Å². The number of nitrogens with one attached hydrogen (secondary N) is 1. The van der Waals surface area contributed by atoms with Crippen LogP contribution < -0.4 is 5.32 Å². The highest BCUT2D eigenvalue weighted by atomic mass is 16.2. The predicted octanol–water partition coefficient (Wildman–Crippen LogP) is 3.93. The van der Waals surface area contributed by atoms with Gasteiger partial charge in [-0.15, -0.1) is 0 Å². The average Bonchev–Trinajstić information content (AvgIpc) is 2.78. The van der Waals surface area contributed by atoms with Crippen molar-refractivity contribution < 1.29 is 4.79 Å². The van der Waals surface area contributed by atoms with Crippen molar-refractivity contribution in [1.29, 1.82) is 0 Å². The predicted molar refractivity (Wildman–Crippen MR) is 78.9 cm³/mol. The smallest absolute Gasteiger partial charge is 0.226 e. The number of carbonyl (C=O) groups excluding carboxylic acids is 1. The molecule has 1 amide bonds. The minimum atomic E-state index is -0.333.